The topological polar surface area (TPSA) is 27.6 Å². The van der Waals surface area contributed by atoms with Gasteiger partial charge in [-0.3, -0.25) is 5.43 Å². The number of anilines is 2. The molecule has 0 amide bonds. The first-order valence-corrected chi connectivity index (χ1v) is 7.56. The highest BCUT2D eigenvalue weighted by Gasteiger charge is 2.16. The lowest BCUT2D eigenvalue weighted by Gasteiger charge is -2.34. The van der Waals surface area contributed by atoms with Gasteiger partial charge in [-0.25, -0.2) is 0 Å². The summed E-state index contributed by atoms with van der Waals surface area (Å²) in [6, 6.07) is 16.6. The molecular formula is C19H25N3. The van der Waals surface area contributed by atoms with Crippen molar-refractivity contribution in [2.75, 3.05) is 17.4 Å². The SMILES string of the molecule is Cc1cccc(N/N=C/c2ccc(N(C)C(C)(C)C)cc2)c1. The molecule has 0 aliphatic rings. The van der Waals surface area contributed by atoms with Gasteiger partial charge in [0.25, 0.3) is 0 Å². The monoisotopic (exact) mass is 295 g/mol. The lowest BCUT2D eigenvalue weighted by Crippen LogP contribution is -2.37. The Kier molecular flexibility index (Phi) is 4.86. The molecule has 0 aliphatic heterocycles. The first kappa shape index (κ1) is 16.1. The molecule has 0 unspecified atom stereocenters. The summed E-state index contributed by atoms with van der Waals surface area (Å²) in [5.74, 6) is 0. The van der Waals surface area contributed by atoms with Gasteiger partial charge in [0, 0.05) is 18.3 Å². The fourth-order valence-corrected chi connectivity index (χ4v) is 2.07. The van der Waals surface area contributed by atoms with Crippen LogP contribution in [0.2, 0.25) is 0 Å². The van der Waals surface area contributed by atoms with Crippen molar-refractivity contribution < 1.29 is 0 Å². The second-order valence-corrected chi connectivity index (χ2v) is 6.56. The molecule has 3 heteroatoms. The van der Waals surface area contributed by atoms with Gasteiger partial charge in [0.1, 0.15) is 0 Å². The number of benzene rings is 2. The third kappa shape index (κ3) is 4.35. The molecule has 2 aromatic rings. The van der Waals surface area contributed by atoms with Crippen LogP contribution in [0.25, 0.3) is 0 Å². The Labute approximate surface area is 133 Å². The smallest absolute Gasteiger partial charge is 0.0564 e. The second-order valence-electron chi connectivity index (χ2n) is 6.56. The summed E-state index contributed by atoms with van der Waals surface area (Å²) in [5, 5.41) is 4.29. The number of hydrogen-bond acceptors (Lipinski definition) is 3. The van der Waals surface area contributed by atoms with Gasteiger partial charge in [-0.05, 0) is 63.1 Å². The molecule has 2 aromatic carbocycles. The van der Waals surface area contributed by atoms with Gasteiger partial charge < -0.3 is 4.90 Å². The predicted octanol–water partition coefficient (Wildman–Crippen LogP) is 4.68. The van der Waals surface area contributed by atoms with Crippen LogP contribution in [-0.2, 0) is 0 Å². The number of nitrogens with zero attached hydrogens (tertiary/aromatic N) is 2. The second kappa shape index (κ2) is 6.65. The quantitative estimate of drug-likeness (QED) is 0.655. The molecule has 0 atom stereocenters. The molecule has 0 aliphatic carbocycles. The molecule has 0 spiro atoms. The summed E-state index contributed by atoms with van der Waals surface area (Å²) in [6.45, 7) is 8.68. The average molecular weight is 295 g/mol. The third-order valence-corrected chi connectivity index (χ3v) is 3.71. The Morgan fingerprint density at radius 1 is 1.05 bits per heavy atom. The van der Waals surface area contributed by atoms with Crippen LogP contribution in [0.5, 0.6) is 0 Å². The van der Waals surface area contributed by atoms with Crippen LogP contribution >= 0.6 is 0 Å². The van der Waals surface area contributed by atoms with E-state index in [-0.39, 0.29) is 5.54 Å². The number of aryl methyl sites for hydroxylation is 1. The van der Waals surface area contributed by atoms with Crippen LogP contribution in [0, 0.1) is 6.92 Å². The summed E-state index contributed by atoms with van der Waals surface area (Å²) in [5.41, 5.74) is 7.67. The fourth-order valence-electron chi connectivity index (χ4n) is 2.07. The predicted molar refractivity (Wildman–Crippen MR) is 97.0 cm³/mol. The summed E-state index contributed by atoms with van der Waals surface area (Å²) in [6.07, 6.45) is 1.84. The Bertz CT molecular complexity index is 636. The zero-order valence-electron chi connectivity index (χ0n) is 14.1. The maximum atomic E-state index is 4.29. The summed E-state index contributed by atoms with van der Waals surface area (Å²) in [4.78, 5) is 2.26. The van der Waals surface area contributed by atoms with Crippen LogP contribution in [-0.4, -0.2) is 18.8 Å². The van der Waals surface area contributed by atoms with E-state index in [0.717, 1.165) is 11.3 Å². The van der Waals surface area contributed by atoms with E-state index in [2.05, 4.69) is 86.6 Å². The van der Waals surface area contributed by atoms with E-state index in [4.69, 9.17) is 0 Å². The summed E-state index contributed by atoms with van der Waals surface area (Å²) < 4.78 is 0. The van der Waals surface area contributed by atoms with Crippen LogP contribution in [0.4, 0.5) is 11.4 Å². The van der Waals surface area contributed by atoms with Gasteiger partial charge in [-0.2, -0.15) is 5.10 Å². The highest BCUT2D eigenvalue weighted by Crippen LogP contribution is 2.21. The molecule has 3 nitrogen and oxygen atoms in total. The van der Waals surface area contributed by atoms with E-state index in [1.807, 2.05) is 18.3 Å². The van der Waals surface area contributed by atoms with Crippen molar-refractivity contribution in [2.45, 2.75) is 33.2 Å². The van der Waals surface area contributed by atoms with Crippen molar-refractivity contribution in [1.29, 1.82) is 0 Å². The van der Waals surface area contributed by atoms with Crippen LogP contribution in [0.3, 0.4) is 0 Å². The van der Waals surface area contributed by atoms with Gasteiger partial charge in [0.05, 0.1) is 11.9 Å². The number of nitrogens with one attached hydrogen (secondary N) is 1. The van der Waals surface area contributed by atoms with E-state index in [9.17, 15) is 0 Å². The van der Waals surface area contributed by atoms with Gasteiger partial charge in [-0.15, -0.1) is 0 Å². The van der Waals surface area contributed by atoms with Crippen molar-refractivity contribution in [3.05, 3.63) is 59.7 Å². The fraction of sp³-hybridized carbons (Fsp3) is 0.316. The van der Waals surface area contributed by atoms with E-state index in [1.54, 1.807) is 0 Å². The Hall–Kier alpha value is -2.29. The molecule has 0 heterocycles. The standard InChI is InChI=1S/C19H25N3/c1-15-7-6-8-17(13-15)21-20-14-16-9-11-18(12-10-16)22(5)19(2,3)4/h6-14,21H,1-5H3/b20-14+. The minimum absolute atomic E-state index is 0.113. The highest BCUT2D eigenvalue weighted by molar-refractivity contribution is 5.81. The molecule has 1 N–H and O–H groups in total. The van der Waals surface area contributed by atoms with Gasteiger partial charge in [0.15, 0.2) is 0 Å². The molecule has 0 fully saturated rings. The Balaban J connectivity index is 2.01. The van der Waals surface area contributed by atoms with Crippen molar-refractivity contribution in [1.82, 2.24) is 0 Å². The maximum absolute atomic E-state index is 4.29. The summed E-state index contributed by atoms with van der Waals surface area (Å²) in [7, 11) is 2.11. The number of hydrazone groups is 1. The molecular weight excluding hydrogens is 270 g/mol. The number of hydrogen-bond donors (Lipinski definition) is 1. The lowest BCUT2D eigenvalue weighted by molar-refractivity contribution is 0.539. The normalized spacial score (nSPS) is 11.7. The van der Waals surface area contributed by atoms with Crippen molar-refractivity contribution in [2.24, 2.45) is 5.10 Å². The molecule has 0 bridgehead atoms. The largest absolute Gasteiger partial charge is 0.370 e. The minimum atomic E-state index is 0.113. The zero-order chi connectivity index (χ0) is 16.2. The zero-order valence-corrected chi connectivity index (χ0v) is 14.1. The lowest BCUT2D eigenvalue weighted by atomic mass is 10.1. The van der Waals surface area contributed by atoms with Crippen molar-refractivity contribution in [3.63, 3.8) is 0 Å². The van der Waals surface area contributed by atoms with Crippen molar-refractivity contribution in [3.8, 4) is 0 Å². The minimum Gasteiger partial charge on any atom is -0.370 e. The molecule has 0 radical (unpaired) electrons. The molecule has 0 aromatic heterocycles. The molecule has 22 heavy (non-hydrogen) atoms. The maximum Gasteiger partial charge on any atom is 0.0564 e. The van der Waals surface area contributed by atoms with Gasteiger partial charge in [0.2, 0.25) is 0 Å². The summed E-state index contributed by atoms with van der Waals surface area (Å²) >= 11 is 0. The average Bonchev–Trinajstić information content (AvgIpc) is 2.46. The molecule has 0 saturated carbocycles. The van der Waals surface area contributed by atoms with Crippen molar-refractivity contribution >= 4 is 17.6 Å². The van der Waals surface area contributed by atoms with E-state index < -0.39 is 0 Å². The van der Waals surface area contributed by atoms with Crippen LogP contribution in [0.1, 0.15) is 31.9 Å². The molecule has 116 valence electrons. The first-order chi connectivity index (χ1) is 10.4. The van der Waals surface area contributed by atoms with Gasteiger partial charge in [-0.1, -0.05) is 24.3 Å². The van der Waals surface area contributed by atoms with E-state index in [1.165, 1.54) is 11.3 Å². The molecule has 0 saturated heterocycles. The number of rotatable bonds is 4. The Morgan fingerprint density at radius 3 is 2.32 bits per heavy atom. The third-order valence-electron chi connectivity index (χ3n) is 3.71. The van der Waals surface area contributed by atoms with E-state index in [0.29, 0.717) is 0 Å². The van der Waals surface area contributed by atoms with E-state index >= 15 is 0 Å². The van der Waals surface area contributed by atoms with Crippen LogP contribution < -0.4 is 10.3 Å². The van der Waals surface area contributed by atoms with Crippen LogP contribution in [0.15, 0.2) is 53.6 Å². The van der Waals surface area contributed by atoms with Gasteiger partial charge >= 0.3 is 0 Å². The first-order valence-electron chi connectivity index (χ1n) is 7.56. The Morgan fingerprint density at radius 2 is 1.73 bits per heavy atom. The molecule has 2 rings (SSSR count). The highest BCUT2D eigenvalue weighted by atomic mass is 15.3.